The highest BCUT2D eigenvalue weighted by atomic mass is 32.2. The van der Waals surface area contributed by atoms with Crippen LogP contribution in [0.2, 0.25) is 0 Å². The number of likely N-dealkylation sites (tertiary alicyclic amines) is 1. The smallest absolute Gasteiger partial charge is 0.419 e. The molecular formula is C21H23F3N2O3S. The van der Waals surface area contributed by atoms with Gasteiger partial charge in [0.25, 0.3) is 10.0 Å². The molecule has 2 aromatic carbocycles. The molecule has 2 aromatic rings. The molecule has 0 spiro atoms. The Kier molecular flexibility index (Phi) is 5.44. The first kappa shape index (κ1) is 21.0. The maximum Gasteiger partial charge on any atom is 0.419 e. The number of ether oxygens (including phenoxy) is 1. The molecule has 0 radical (unpaired) electrons. The molecular weight excluding hydrogens is 417 g/mol. The van der Waals surface area contributed by atoms with Crippen molar-refractivity contribution in [2.75, 3.05) is 24.9 Å². The number of alkyl halides is 3. The van der Waals surface area contributed by atoms with Crippen LogP contribution in [0, 0.1) is 0 Å². The van der Waals surface area contributed by atoms with Crippen LogP contribution in [0.3, 0.4) is 0 Å². The molecule has 0 aromatic heterocycles. The van der Waals surface area contributed by atoms with Crippen molar-refractivity contribution in [3.63, 3.8) is 0 Å². The molecule has 162 valence electrons. The number of hydrogen-bond donors (Lipinski definition) is 1. The van der Waals surface area contributed by atoms with Gasteiger partial charge in [-0.2, -0.15) is 13.2 Å². The van der Waals surface area contributed by atoms with Crippen LogP contribution >= 0.6 is 0 Å². The zero-order valence-electron chi connectivity index (χ0n) is 16.5. The third-order valence-corrected chi connectivity index (χ3v) is 7.04. The molecule has 1 atom stereocenters. The number of hydrogen-bond acceptors (Lipinski definition) is 4. The van der Waals surface area contributed by atoms with Gasteiger partial charge in [-0.15, -0.1) is 0 Å². The SMILES string of the molecule is CN1CC[C@@H](Oc2cc(NS(=O)(=O)c3cccc4c3CCC4)ccc2C(F)(F)F)C1. The van der Waals surface area contributed by atoms with E-state index in [-0.39, 0.29) is 22.4 Å². The van der Waals surface area contributed by atoms with Crippen molar-refractivity contribution < 1.29 is 26.3 Å². The molecule has 0 saturated carbocycles. The maximum atomic E-state index is 13.5. The second-order valence-corrected chi connectivity index (χ2v) is 9.50. The average Bonchev–Trinajstić information content (AvgIpc) is 3.29. The Morgan fingerprint density at radius 1 is 1.17 bits per heavy atom. The summed E-state index contributed by atoms with van der Waals surface area (Å²) in [6.07, 6.45) is -1.98. The van der Waals surface area contributed by atoms with Crippen LogP contribution in [-0.2, 0) is 29.0 Å². The van der Waals surface area contributed by atoms with Crippen LogP contribution in [0.15, 0.2) is 41.3 Å². The molecule has 0 amide bonds. The molecule has 1 aliphatic carbocycles. The lowest BCUT2D eigenvalue weighted by molar-refractivity contribution is -0.139. The largest absolute Gasteiger partial charge is 0.488 e. The lowest BCUT2D eigenvalue weighted by Crippen LogP contribution is -2.23. The maximum absolute atomic E-state index is 13.5. The average molecular weight is 440 g/mol. The van der Waals surface area contributed by atoms with Gasteiger partial charge in [0, 0.05) is 19.2 Å². The van der Waals surface area contributed by atoms with Crippen LogP contribution < -0.4 is 9.46 Å². The van der Waals surface area contributed by atoms with Crippen molar-refractivity contribution in [3.05, 3.63) is 53.1 Å². The van der Waals surface area contributed by atoms with Crippen LogP contribution in [0.25, 0.3) is 0 Å². The number of fused-ring (bicyclic) bond motifs is 1. The number of rotatable bonds is 5. The first-order valence-electron chi connectivity index (χ1n) is 9.83. The standard InChI is InChI=1S/C21H23F3N2O3S/c1-26-11-10-16(13-26)29-19-12-15(8-9-18(19)21(22,23)24)25-30(27,28)20-7-3-5-14-4-2-6-17(14)20/h3,5,7-9,12,16,25H,2,4,6,10-11,13H2,1H3/t16-/m1/s1. The lowest BCUT2D eigenvalue weighted by Gasteiger charge is -2.20. The second-order valence-electron chi connectivity index (χ2n) is 7.85. The minimum atomic E-state index is -4.60. The number of nitrogens with one attached hydrogen (secondary N) is 1. The van der Waals surface area contributed by atoms with E-state index in [2.05, 4.69) is 4.72 Å². The number of aryl methyl sites for hydroxylation is 1. The summed E-state index contributed by atoms with van der Waals surface area (Å²) in [5.74, 6) is -0.360. The molecule has 1 heterocycles. The molecule has 0 unspecified atom stereocenters. The van der Waals surface area contributed by atoms with E-state index < -0.39 is 21.8 Å². The molecule has 4 rings (SSSR count). The van der Waals surface area contributed by atoms with Gasteiger partial charge < -0.3 is 9.64 Å². The number of halogens is 3. The summed E-state index contributed by atoms with van der Waals surface area (Å²) in [7, 11) is -2.06. The van der Waals surface area contributed by atoms with Crippen LogP contribution in [0.4, 0.5) is 18.9 Å². The fraction of sp³-hybridized carbons (Fsp3) is 0.429. The van der Waals surface area contributed by atoms with Crippen molar-refractivity contribution in [2.24, 2.45) is 0 Å². The Labute approximate surface area is 173 Å². The Morgan fingerprint density at radius 3 is 2.67 bits per heavy atom. The summed E-state index contributed by atoms with van der Waals surface area (Å²) in [4.78, 5) is 2.15. The predicted octanol–water partition coefficient (Wildman–Crippen LogP) is 4.08. The quantitative estimate of drug-likeness (QED) is 0.761. The highest BCUT2D eigenvalue weighted by Crippen LogP contribution is 2.39. The highest BCUT2D eigenvalue weighted by molar-refractivity contribution is 7.92. The van der Waals surface area contributed by atoms with Crippen molar-refractivity contribution in [3.8, 4) is 5.75 Å². The van der Waals surface area contributed by atoms with E-state index in [0.29, 0.717) is 19.4 Å². The number of likely N-dealkylation sites (N-methyl/N-ethyl adjacent to an activating group) is 1. The van der Waals surface area contributed by atoms with Crippen LogP contribution in [-0.4, -0.2) is 39.6 Å². The summed E-state index contributed by atoms with van der Waals surface area (Å²) in [5, 5.41) is 0. The molecule has 1 fully saturated rings. The first-order valence-corrected chi connectivity index (χ1v) is 11.3. The lowest BCUT2D eigenvalue weighted by atomic mass is 10.1. The summed E-state index contributed by atoms with van der Waals surface area (Å²) in [5.41, 5.74) is 0.905. The van der Waals surface area contributed by atoms with Gasteiger partial charge in [-0.05, 0) is 62.1 Å². The summed E-state index contributed by atoms with van der Waals surface area (Å²) < 4.78 is 74.4. The zero-order chi connectivity index (χ0) is 21.5. The monoisotopic (exact) mass is 440 g/mol. The second kappa shape index (κ2) is 7.77. The summed E-state index contributed by atoms with van der Waals surface area (Å²) in [6.45, 7) is 1.25. The topological polar surface area (TPSA) is 58.6 Å². The molecule has 9 heteroatoms. The van der Waals surface area contributed by atoms with E-state index in [4.69, 9.17) is 4.74 Å². The van der Waals surface area contributed by atoms with Gasteiger partial charge in [0.2, 0.25) is 0 Å². The summed E-state index contributed by atoms with van der Waals surface area (Å²) >= 11 is 0. The Balaban J connectivity index is 1.64. The van der Waals surface area contributed by atoms with Crippen LogP contribution in [0.1, 0.15) is 29.5 Å². The Bertz CT molecular complexity index is 1050. The minimum Gasteiger partial charge on any atom is -0.488 e. The minimum absolute atomic E-state index is 0.0416. The fourth-order valence-electron chi connectivity index (χ4n) is 4.13. The molecule has 5 nitrogen and oxygen atoms in total. The van der Waals surface area contributed by atoms with Crippen molar-refractivity contribution in [2.45, 2.75) is 42.9 Å². The first-order chi connectivity index (χ1) is 14.1. The Morgan fingerprint density at radius 2 is 1.97 bits per heavy atom. The van der Waals surface area contributed by atoms with Gasteiger partial charge in [0.15, 0.2) is 0 Å². The third-order valence-electron chi connectivity index (χ3n) is 5.57. The normalized spacial score (nSPS) is 19.7. The molecule has 1 N–H and O–H groups in total. The van der Waals surface area contributed by atoms with Gasteiger partial charge >= 0.3 is 6.18 Å². The predicted molar refractivity (Wildman–Crippen MR) is 107 cm³/mol. The van der Waals surface area contributed by atoms with Gasteiger partial charge in [-0.3, -0.25) is 4.72 Å². The number of anilines is 1. The van der Waals surface area contributed by atoms with Gasteiger partial charge in [-0.1, -0.05) is 12.1 Å². The molecule has 0 bridgehead atoms. The third kappa shape index (κ3) is 4.27. The van der Waals surface area contributed by atoms with E-state index in [1.165, 1.54) is 6.07 Å². The fourth-order valence-corrected chi connectivity index (χ4v) is 5.50. The van der Waals surface area contributed by atoms with Crippen molar-refractivity contribution in [1.29, 1.82) is 0 Å². The number of benzene rings is 2. The van der Waals surface area contributed by atoms with Gasteiger partial charge in [0.1, 0.15) is 11.9 Å². The zero-order valence-corrected chi connectivity index (χ0v) is 17.3. The van der Waals surface area contributed by atoms with Gasteiger partial charge in [-0.25, -0.2) is 8.42 Å². The van der Waals surface area contributed by atoms with Crippen molar-refractivity contribution >= 4 is 15.7 Å². The Hall–Kier alpha value is -2.26. The van der Waals surface area contributed by atoms with Gasteiger partial charge in [0.05, 0.1) is 16.1 Å². The van der Waals surface area contributed by atoms with E-state index in [1.807, 2.05) is 18.0 Å². The number of sulfonamides is 1. The van der Waals surface area contributed by atoms with Crippen LogP contribution in [0.5, 0.6) is 5.75 Å². The highest BCUT2D eigenvalue weighted by Gasteiger charge is 2.36. The number of nitrogens with zero attached hydrogens (tertiary/aromatic N) is 1. The van der Waals surface area contributed by atoms with E-state index >= 15 is 0 Å². The molecule has 1 aliphatic heterocycles. The molecule has 30 heavy (non-hydrogen) atoms. The van der Waals surface area contributed by atoms with E-state index in [9.17, 15) is 21.6 Å². The van der Waals surface area contributed by atoms with E-state index in [0.717, 1.165) is 48.7 Å². The molecule has 1 saturated heterocycles. The summed E-state index contributed by atoms with van der Waals surface area (Å²) in [6, 6.07) is 8.24. The molecule has 2 aliphatic rings. The van der Waals surface area contributed by atoms with E-state index in [1.54, 1.807) is 6.07 Å². The van der Waals surface area contributed by atoms with Crippen molar-refractivity contribution in [1.82, 2.24) is 4.90 Å².